The van der Waals surface area contributed by atoms with E-state index in [1.807, 2.05) is 11.4 Å². The lowest BCUT2D eigenvalue weighted by atomic mass is 10.1. The molecule has 1 aromatic heterocycles. The summed E-state index contributed by atoms with van der Waals surface area (Å²) >= 11 is 4.82. The molecule has 6 nitrogen and oxygen atoms in total. The van der Waals surface area contributed by atoms with Gasteiger partial charge in [-0.1, -0.05) is 18.2 Å². The van der Waals surface area contributed by atoms with Crippen LogP contribution in [0.5, 0.6) is 11.5 Å². The molecule has 4 rings (SSSR count). The zero-order valence-corrected chi connectivity index (χ0v) is 17.9. The van der Waals surface area contributed by atoms with Gasteiger partial charge in [-0.3, -0.25) is 9.59 Å². The third-order valence-corrected chi connectivity index (χ3v) is 5.94. The fourth-order valence-corrected chi connectivity index (χ4v) is 4.10. The van der Waals surface area contributed by atoms with E-state index in [1.165, 1.54) is 16.2 Å². The molecule has 0 bridgehead atoms. The van der Waals surface area contributed by atoms with Crippen LogP contribution in [0.3, 0.4) is 0 Å². The van der Waals surface area contributed by atoms with E-state index >= 15 is 0 Å². The van der Waals surface area contributed by atoms with Crippen molar-refractivity contribution in [3.05, 3.63) is 68.8 Å². The average Bonchev–Trinajstić information content (AvgIpc) is 3.28. The number of carbonyl (C=O) groups is 2. The van der Waals surface area contributed by atoms with Crippen molar-refractivity contribution >= 4 is 50.5 Å². The first-order valence-corrected chi connectivity index (χ1v) is 10.5. The molecule has 3 aromatic rings. The number of halogens is 1. The van der Waals surface area contributed by atoms with Crippen LogP contribution in [0.2, 0.25) is 0 Å². The lowest BCUT2D eigenvalue weighted by Crippen LogP contribution is -2.28. The second-order valence-electron chi connectivity index (χ2n) is 6.29. The number of para-hydroxylation sites is 1. The highest BCUT2D eigenvalue weighted by Gasteiger charge is 2.22. The topological polar surface area (TPSA) is 67.9 Å². The summed E-state index contributed by atoms with van der Waals surface area (Å²) in [5.41, 5.74) is 1.47. The first-order chi connectivity index (χ1) is 14.0. The van der Waals surface area contributed by atoms with Crippen molar-refractivity contribution in [3.63, 3.8) is 0 Å². The number of anilines is 2. The van der Waals surface area contributed by atoms with Crippen molar-refractivity contribution in [2.24, 2.45) is 0 Å². The molecule has 0 saturated heterocycles. The van der Waals surface area contributed by atoms with Crippen LogP contribution in [-0.2, 0) is 0 Å². The van der Waals surface area contributed by atoms with Crippen LogP contribution in [0, 0.1) is 0 Å². The average molecular weight is 473 g/mol. The quantitative estimate of drug-likeness (QED) is 0.591. The minimum atomic E-state index is -0.330. The Bertz CT molecular complexity index is 1070. The van der Waals surface area contributed by atoms with Crippen molar-refractivity contribution in [1.82, 2.24) is 0 Å². The van der Waals surface area contributed by atoms with Gasteiger partial charge in [0.1, 0.15) is 13.2 Å². The predicted molar refractivity (Wildman–Crippen MR) is 117 cm³/mol. The number of fused-ring (bicyclic) bond motifs is 1. The summed E-state index contributed by atoms with van der Waals surface area (Å²) in [5.74, 6) is 0.709. The van der Waals surface area contributed by atoms with Gasteiger partial charge in [0.05, 0.1) is 21.8 Å². The van der Waals surface area contributed by atoms with Gasteiger partial charge in [0, 0.05) is 23.7 Å². The molecule has 1 aliphatic rings. The number of carbonyl (C=O) groups excluding carboxylic acids is 2. The van der Waals surface area contributed by atoms with Gasteiger partial charge in [0.2, 0.25) is 0 Å². The molecule has 0 atom stereocenters. The van der Waals surface area contributed by atoms with Crippen molar-refractivity contribution in [2.45, 2.75) is 0 Å². The zero-order chi connectivity index (χ0) is 20.4. The predicted octanol–water partition coefficient (Wildman–Crippen LogP) is 4.81. The van der Waals surface area contributed by atoms with Crippen LogP contribution in [0.1, 0.15) is 20.0 Å². The number of benzene rings is 2. The molecular formula is C21H17BrN2O4S. The highest BCUT2D eigenvalue weighted by atomic mass is 79.9. The number of ether oxygens (including phenoxy) is 2. The molecule has 2 heterocycles. The van der Waals surface area contributed by atoms with Gasteiger partial charge in [0.15, 0.2) is 11.5 Å². The monoisotopic (exact) mass is 472 g/mol. The van der Waals surface area contributed by atoms with Crippen LogP contribution in [0.15, 0.2) is 58.4 Å². The van der Waals surface area contributed by atoms with Gasteiger partial charge < -0.3 is 19.7 Å². The van der Waals surface area contributed by atoms with Crippen LogP contribution in [0.4, 0.5) is 11.4 Å². The van der Waals surface area contributed by atoms with E-state index in [0.717, 1.165) is 0 Å². The fraction of sp³-hybridized carbons (Fsp3) is 0.143. The Kier molecular flexibility index (Phi) is 5.55. The van der Waals surface area contributed by atoms with Crippen LogP contribution in [0.25, 0.3) is 0 Å². The highest BCUT2D eigenvalue weighted by molar-refractivity contribution is 9.10. The highest BCUT2D eigenvalue weighted by Crippen LogP contribution is 2.38. The second-order valence-corrected chi connectivity index (χ2v) is 8.09. The lowest BCUT2D eigenvalue weighted by molar-refractivity contribution is 0.0996. The maximum absolute atomic E-state index is 13.0. The summed E-state index contributed by atoms with van der Waals surface area (Å²) in [4.78, 5) is 27.8. The Labute approximate surface area is 180 Å². The Hall–Kier alpha value is -2.84. The zero-order valence-electron chi connectivity index (χ0n) is 15.5. The SMILES string of the molecule is CN(C(=O)c1cccs1)c1ccccc1C(=O)Nc1cc2c(cc1Br)OCCO2. The Morgan fingerprint density at radius 3 is 2.52 bits per heavy atom. The molecule has 0 aliphatic carbocycles. The Morgan fingerprint density at radius 1 is 1.07 bits per heavy atom. The molecule has 0 fully saturated rings. The number of nitrogens with zero attached hydrogens (tertiary/aromatic N) is 1. The Morgan fingerprint density at radius 2 is 1.79 bits per heavy atom. The minimum absolute atomic E-state index is 0.166. The molecule has 2 amide bonds. The van der Waals surface area contributed by atoms with Crippen LogP contribution in [-0.4, -0.2) is 32.1 Å². The second kappa shape index (κ2) is 8.26. The third-order valence-electron chi connectivity index (χ3n) is 4.43. The number of hydrogen-bond acceptors (Lipinski definition) is 5. The third kappa shape index (κ3) is 3.99. The number of nitrogens with one attached hydrogen (secondary N) is 1. The lowest BCUT2D eigenvalue weighted by Gasteiger charge is -2.21. The van der Waals surface area contributed by atoms with Gasteiger partial charge in [-0.25, -0.2) is 0 Å². The molecule has 0 spiro atoms. The van der Waals surface area contributed by atoms with Gasteiger partial charge in [0.25, 0.3) is 11.8 Å². The summed E-state index contributed by atoms with van der Waals surface area (Å²) in [7, 11) is 1.66. The largest absolute Gasteiger partial charge is 0.486 e. The summed E-state index contributed by atoms with van der Waals surface area (Å²) in [6.45, 7) is 0.948. The van der Waals surface area contributed by atoms with Crippen LogP contribution >= 0.6 is 27.3 Å². The van der Waals surface area contributed by atoms with Gasteiger partial charge >= 0.3 is 0 Å². The van der Waals surface area contributed by atoms with Crippen molar-refractivity contribution in [1.29, 1.82) is 0 Å². The van der Waals surface area contributed by atoms with E-state index in [-0.39, 0.29) is 11.8 Å². The fourth-order valence-electron chi connectivity index (χ4n) is 2.98. The van der Waals surface area contributed by atoms with Crippen molar-refractivity contribution < 1.29 is 19.1 Å². The molecule has 8 heteroatoms. The summed E-state index contributed by atoms with van der Waals surface area (Å²) in [6.07, 6.45) is 0. The molecular weight excluding hydrogens is 456 g/mol. The smallest absolute Gasteiger partial charge is 0.268 e. The molecule has 0 unspecified atom stereocenters. The summed E-state index contributed by atoms with van der Waals surface area (Å²) in [6, 6.07) is 14.1. The van der Waals surface area contributed by atoms with Gasteiger partial charge in [-0.15, -0.1) is 11.3 Å². The summed E-state index contributed by atoms with van der Waals surface area (Å²) < 4.78 is 11.8. The molecule has 1 N–H and O–H groups in total. The van der Waals surface area contributed by atoms with E-state index in [1.54, 1.807) is 49.5 Å². The van der Waals surface area contributed by atoms with E-state index in [4.69, 9.17) is 9.47 Å². The van der Waals surface area contributed by atoms with E-state index in [2.05, 4.69) is 21.2 Å². The first-order valence-electron chi connectivity index (χ1n) is 8.85. The number of amides is 2. The van der Waals surface area contributed by atoms with E-state index in [9.17, 15) is 9.59 Å². The molecule has 1 aliphatic heterocycles. The van der Waals surface area contributed by atoms with E-state index in [0.29, 0.717) is 51.0 Å². The molecule has 0 saturated carbocycles. The van der Waals surface area contributed by atoms with Crippen LogP contribution < -0.4 is 19.7 Å². The number of rotatable bonds is 4. The van der Waals surface area contributed by atoms with Crippen molar-refractivity contribution in [3.8, 4) is 11.5 Å². The summed E-state index contributed by atoms with van der Waals surface area (Å²) in [5, 5.41) is 4.74. The minimum Gasteiger partial charge on any atom is -0.486 e. The van der Waals surface area contributed by atoms with Gasteiger partial charge in [-0.2, -0.15) is 0 Å². The first kappa shape index (κ1) is 19.5. The molecule has 148 valence electrons. The normalized spacial score (nSPS) is 12.3. The molecule has 2 aromatic carbocycles. The maximum atomic E-state index is 13.0. The van der Waals surface area contributed by atoms with Gasteiger partial charge in [-0.05, 0) is 39.5 Å². The van der Waals surface area contributed by atoms with Crippen molar-refractivity contribution in [2.75, 3.05) is 30.5 Å². The van der Waals surface area contributed by atoms with E-state index < -0.39 is 0 Å². The molecule has 0 radical (unpaired) electrons. The number of hydrogen-bond donors (Lipinski definition) is 1. The standard InChI is InChI=1S/C21H17BrN2O4S/c1-24(21(26)19-7-4-10-29-19)16-6-3-2-5-13(16)20(25)23-15-12-18-17(11-14(15)22)27-8-9-28-18/h2-7,10-12H,8-9H2,1H3,(H,23,25). The maximum Gasteiger partial charge on any atom is 0.268 e. The molecule has 29 heavy (non-hydrogen) atoms. The number of thiophene rings is 1. The Balaban J connectivity index is 1.61.